The van der Waals surface area contributed by atoms with Crippen molar-refractivity contribution in [2.45, 2.75) is 58.4 Å². The molecule has 0 spiro atoms. The van der Waals surface area contributed by atoms with Gasteiger partial charge in [-0.25, -0.2) is 0 Å². The molecule has 0 aromatic heterocycles. The third-order valence-corrected chi connectivity index (χ3v) is 3.63. The largest absolute Gasteiger partial charge is 0.463 e. The van der Waals surface area contributed by atoms with E-state index in [2.05, 4.69) is 15.9 Å². The minimum absolute atomic E-state index is 0.188. The Hall–Kier alpha value is -1.72. The molecule has 1 heterocycles. The Bertz CT molecular complexity index is 551. The Balaban J connectivity index is 3.22. The highest BCUT2D eigenvalue weighted by molar-refractivity contribution is 9.09. The molecule has 0 aliphatic carbocycles. The van der Waals surface area contributed by atoms with Gasteiger partial charge in [-0.1, -0.05) is 15.9 Å². The number of hydrogen-bond donors (Lipinski definition) is 0. The molecule has 11 heteroatoms. The van der Waals surface area contributed by atoms with Crippen LogP contribution in [0.15, 0.2) is 0 Å². The maximum Gasteiger partial charge on any atom is 0.303 e. The molecular weight excluding hydrogens is 432 g/mol. The Morgan fingerprint density at radius 1 is 0.815 bits per heavy atom. The number of hydrogen-bond acceptors (Lipinski definition) is 10. The van der Waals surface area contributed by atoms with Crippen LogP contribution < -0.4 is 0 Å². The third kappa shape index (κ3) is 7.81. The number of halogens is 1. The predicted octanol–water partition coefficient (Wildman–Crippen LogP) is 0.481. The Morgan fingerprint density at radius 2 is 1.33 bits per heavy atom. The van der Waals surface area contributed by atoms with Crippen LogP contribution in [-0.2, 0) is 47.6 Å². The van der Waals surface area contributed by atoms with E-state index in [9.17, 15) is 19.2 Å². The lowest BCUT2D eigenvalue weighted by atomic mass is 9.98. The van der Waals surface area contributed by atoms with Gasteiger partial charge in [0.2, 0.25) is 0 Å². The highest BCUT2D eigenvalue weighted by Gasteiger charge is 2.52. The lowest BCUT2D eigenvalue weighted by Crippen LogP contribution is -2.63. The molecule has 1 rings (SSSR count). The van der Waals surface area contributed by atoms with Gasteiger partial charge in [0.25, 0.3) is 0 Å². The Morgan fingerprint density at radius 3 is 1.81 bits per heavy atom. The highest BCUT2D eigenvalue weighted by Crippen LogP contribution is 2.29. The van der Waals surface area contributed by atoms with Crippen molar-refractivity contribution >= 4 is 39.8 Å². The zero-order valence-electron chi connectivity index (χ0n) is 15.5. The summed E-state index contributed by atoms with van der Waals surface area (Å²) in [5.41, 5.74) is 0. The minimum atomic E-state index is -1.22. The van der Waals surface area contributed by atoms with Gasteiger partial charge in [-0.15, -0.1) is 0 Å². The molecule has 0 aromatic carbocycles. The van der Waals surface area contributed by atoms with Gasteiger partial charge in [-0.05, 0) is 0 Å². The normalized spacial score (nSPS) is 27.4. The molecule has 0 radical (unpaired) electrons. The molecule has 1 aliphatic rings. The van der Waals surface area contributed by atoms with Gasteiger partial charge in [0.1, 0.15) is 12.7 Å². The molecule has 0 bridgehead atoms. The summed E-state index contributed by atoms with van der Waals surface area (Å²) in [6.45, 7) is 4.58. The zero-order valence-corrected chi connectivity index (χ0v) is 17.1. The molecule has 154 valence electrons. The molecule has 5 atom stereocenters. The molecule has 1 fully saturated rings. The fraction of sp³-hybridized carbons (Fsp3) is 0.750. The molecular formula is C16H23BrO10. The molecule has 1 aliphatic heterocycles. The van der Waals surface area contributed by atoms with Gasteiger partial charge in [-0.2, -0.15) is 0 Å². The van der Waals surface area contributed by atoms with Crippen LogP contribution in [0.5, 0.6) is 0 Å². The van der Waals surface area contributed by atoms with Gasteiger partial charge in [0.05, 0.1) is 6.61 Å². The number of carbonyl (C=O) groups excluding carboxylic acids is 4. The highest BCUT2D eigenvalue weighted by atomic mass is 79.9. The lowest BCUT2D eigenvalue weighted by Gasteiger charge is -2.44. The monoisotopic (exact) mass is 454 g/mol. The first kappa shape index (κ1) is 23.3. The summed E-state index contributed by atoms with van der Waals surface area (Å²) in [5.74, 6) is -2.63. The van der Waals surface area contributed by atoms with Gasteiger partial charge in [-0.3, -0.25) is 19.2 Å². The summed E-state index contributed by atoms with van der Waals surface area (Å²) in [5, 5.41) is 0.458. The van der Waals surface area contributed by atoms with Crippen LogP contribution in [-0.4, -0.2) is 73.1 Å². The van der Waals surface area contributed by atoms with Crippen LogP contribution in [0.4, 0.5) is 0 Å². The van der Waals surface area contributed by atoms with Crippen molar-refractivity contribution in [3.8, 4) is 0 Å². The van der Waals surface area contributed by atoms with E-state index in [0.717, 1.165) is 20.8 Å². The average molecular weight is 455 g/mol. The van der Waals surface area contributed by atoms with Crippen LogP contribution >= 0.6 is 15.9 Å². The average Bonchev–Trinajstić information content (AvgIpc) is 2.54. The second kappa shape index (κ2) is 11.2. The van der Waals surface area contributed by atoms with Gasteiger partial charge < -0.3 is 28.4 Å². The van der Waals surface area contributed by atoms with E-state index < -0.39 is 54.6 Å². The maximum atomic E-state index is 11.6. The van der Waals surface area contributed by atoms with Crippen molar-refractivity contribution in [1.82, 2.24) is 0 Å². The first-order valence-corrected chi connectivity index (χ1v) is 9.25. The van der Waals surface area contributed by atoms with Crippen molar-refractivity contribution in [2.24, 2.45) is 0 Å². The number of rotatable bonds is 8. The minimum Gasteiger partial charge on any atom is -0.463 e. The van der Waals surface area contributed by atoms with Crippen molar-refractivity contribution in [3.05, 3.63) is 0 Å². The van der Waals surface area contributed by atoms with Crippen LogP contribution in [0.3, 0.4) is 0 Å². The summed E-state index contributed by atoms with van der Waals surface area (Å²) in [6, 6.07) is 0. The molecule has 0 amide bonds. The quantitative estimate of drug-likeness (QED) is 0.290. The Kier molecular flexibility index (Phi) is 9.67. The van der Waals surface area contributed by atoms with Crippen LogP contribution in [0.1, 0.15) is 27.7 Å². The zero-order chi connectivity index (χ0) is 20.6. The summed E-state index contributed by atoms with van der Waals surface area (Å²) < 4.78 is 31.9. The van der Waals surface area contributed by atoms with E-state index in [-0.39, 0.29) is 13.2 Å². The van der Waals surface area contributed by atoms with Crippen molar-refractivity contribution in [1.29, 1.82) is 0 Å². The fourth-order valence-electron chi connectivity index (χ4n) is 2.48. The van der Waals surface area contributed by atoms with Crippen LogP contribution in [0.25, 0.3) is 0 Å². The van der Waals surface area contributed by atoms with Gasteiger partial charge in [0.15, 0.2) is 24.6 Å². The van der Waals surface area contributed by atoms with E-state index in [0.29, 0.717) is 5.33 Å². The third-order valence-electron chi connectivity index (χ3n) is 3.31. The number of ether oxygens (including phenoxy) is 6. The number of carbonyl (C=O) groups is 4. The van der Waals surface area contributed by atoms with Gasteiger partial charge >= 0.3 is 23.9 Å². The van der Waals surface area contributed by atoms with E-state index in [1.54, 1.807) is 0 Å². The second-order valence-corrected chi connectivity index (χ2v) is 6.42. The van der Waals surface area contributed by atoms with Crippen molar-refractivity contribution < 1.29 is 47.6 Å². The smallest absolute Gasteiger partial charge is 0.303 e. The second-order valence-electron chi connectivity index (χ2n) is 5.63. The summed E-state index contributed by atoms with van der Waals surface area (Å²) in [7, 11) is 0. The fourth-order valence-corrected chi connectivity index (χ4v) is 2.67. The van der Waals surface area contributed by atoms with E-state index >= 15 is 0 Å². The van der Waals surface area contributed by atoms with Crippen molar-refractivity contribution in [2.75, 3.05) is 18.5 Å². The summed E-state index contributed by atoms with van der Waals surface area (Å²) in [4.78, 5) is 45.8. The lowest BCUT2D eigenvalue weighted by molar-refractivity contribution is -0.306. The van der Waals surface area contributed by atoms with E-state index in [1.165, 1.54) is 6.92 Å². The predicted molar refractivity (Wildman–Crippen MR) is 91.7 cm³/mol. The summed E-state index contributed by atoms with van der Waals surface area (Å²) >= 11 is 3.20. The molecule has 0 saturated carbocycles. The SMILES string of the molecule is CC(=O)OCC1O[C@@H](OCCBr)C(OC(C)=O)C(OC(C)=O)[C@H]1OC(C)=O. The molecule has 10 nitrogen and oxygen atoms in total. The number of alkyl halides is 1. The maximum absolute atomic E-state index is 11.6. The molecule has 0 N–H and O–H groups in total. The molecule has 0 aromatic rings. The molecule has 3 unspecified atom stereocenters. The van der Waals surface area contributed by atoms with Crippen LogP contribution in [0, 0.1) is 0 Å². The van der Waals surface area contributed by atoms with E-state index in [1.807, 2.05) is 0 Å². The summed E-state index contributed by atoms with van der Waals surface area (Å²) in [6.07, 6.45) is -5.73. The number of esters is 4. The standard InChI is InChI=1S/C16H23BrO10/c1-8(18)23-7-12-13(24-9(2)19)14(25-10(3)20)15(26-11(4)21)16(27-12)22-6-5-17/h12-16H,5-7H2,1-4H3/t12?,13-,14?,15?,16+/m0/s1. The first-order valence-electron chi connectivity index (χ1n) is 8.13. The Labute approximate surface area is 164 Å². The van der Waals surface area contributed by atoms with Gasteiger partial charge in [0, 0.05) is 33.0 Å². The van der Waals surface area contributed by atoms with E-state index in [4.69, 9.17) is 28.4 Å². The molecule has 1 saturated heterocycles. The van der Waals surface area contributed by atoms with Crippen molar-refractivity contribution in [3.63, 3.8) is 0 Å². The van der Waals surface area contributed by atoms with Crippen LogP contribution in [0.2, 0.25) is 0 Å². The topological polar surface area (TPSA) is 124 Å². The first-order chi connectivity index (χ1) is 12.6. The molecule has 27 heavy (non-hydrogen) atoms.